The molecule has 0 saturated carbocycles. The maximum absolute atomic E-state index is 14.8. The number of piperidine rings is 3. The third-order valence-electron chi connectivity index (χ3n) is 17.0. The van der Waals surface area contributed by atoms with Crippen molar-refractivity contribution in [3.8, 4) is 0 Å². The zero-order valence-electron chi connectivity index (χ0n) is 50.1. The summed E-state index contributed by atoms with van der Waals surface area (Å²) in [6.07, 6.45) is 8.51. The first-order valence-corrected chi connectivity index (χ1v) is 36.8. The third kappa shape index (κ3) is 19.1. The number of nitrogens with two attached hydrogens (primary N) is 1. The monoisotopic (exact) mass is 1360 g/mol. The smallest absolute Gasteiger partial charge is 0.425 e. The Kier molecular flexibility index (Phi) is 23.3. The summed E-state index contributed by atoms with van der Waals surface area (Å²) in [5.74, 6) is -3.80. The van der Waals surface area contributed by atoms with Gasteiger partial charge in [-0.15, -0.1) is 12.6 Å². The highest BCUT2D eigenvalue weighted by Gasteiger charge is 2.49. The van der Waals surface area contributed by atoms with Gasteiger partial charge in [0.15, 0.2) is 11.5 Å². The molecule has 0 radical (unpaired) electrons. The van der Waals surface area contributed by atoms with Crippen LogP contribution in [-0.4, -0.2) is 201 Å². The Bertz CT molecular complexity index is 3860. The minimum atomic E-state index is -4.60. The van der Waals surface area contributed by atoms with Crippen LogP contribution >= 0.6 is 0 Å². The SMILES string of the molecule is CC1(C)C(C=CC=C2N(CCCS(=O)(=O)[O-])c3ccccc3C2(C)CCCS(=O)(=O)O)=[N+](CCCS(=O)(=O)O)c2cc(C(=O)CC3CCN(c4nc(N5CCC(N)CC5)nc(N5CCC(C(=O)O)CC5)n4)CC3)cc(C(=O)OCCCS(=O)(=O)O)c21.O=S(=O)=O. The number of rotatable bonds is 26. The number of nitrogens with zero attached hydrogens (tertiary/aromatic N) is 8. The fourth-order valence-electron chi connectivity index (χ4n) is 12.5. The number of carboxylic acid groups (broad SMARTS) is 1. The van der Waals surface area contributed by atoms with E-state index < -0.39 is 109 Å². The largest absolute Gasteiger partial charge is 0.748 e. The number of esters is 1. The summed E-state index contributed by atoms with van der Waals surface area (Å²) in [5.41, 5.74) is 7.49. The van der Waals surface area contributed by atoms with E-state index in [1.165, 1.54) is 6.07 Å². The molecule has 1 atom stereocenters. The first-order valence-electron chi connectivity index (χ1n) is 29.4. The number of benzene rings is 2. The molecule has 6 N–H and O–H groups in total. The molecular weight excluding hydrogens is 1280 g/mol. The number of hydrogen-bond acceptors (Lipinski definition) is 24. The molecule has 1 aromatic heterocycles. The van der Waals surface area contributed by atoms with Crippen LogP contribution in [0.2, 0.25) is 0 Å². The molecule has 0 bridgehead atoms. The van der Waals surface area contributed by atoms with E-state index in [0.29, 0.717) is 111 Å². The number of aliphatic carboxylic acids is 1. The van der Waals surface area contributed by atoms with E-state index in [1.54, 1.807) is 54.9 Å². The second-order valence-electron chi connectivity index (χ2n) is 23.8. The second kappa shape index (κ2) is 29.5. The van der Waals surface area contributed by atoms with Crippen molar-refractivity contribution >= 4 is 104 Å². The average molecular weight is 1360 g/mol. The highest BCUT2D eigenvalue weighted by atomic mass is 32.2. The molecule has 496 valence electrons. The third-order valence-corrected chi connectivity index (χ3v) is 20.2. The average Bonchev–Trinajstić information content (AvgIpc) is 1.58. The van der Waals surface area contributed by atoms with Crippen molar-refractivity contribution in [1.82, 2.24) is 15.0 Å². The van der Waals surface area contributed by atoms with Crippen LogP contribution in [0.3, 0.4) is 0 Å². The van der Waals surface area contributed by atoms with Gasteiger partial charge in [-0.05, 0) is 115 Å². The molecule has 5 aliphatic rings. The predicted octanol–water partition coefficient (Wildman–Crippen LogP) is 3.50. The number of ketones is 1. The van der Waals surface area contributed by atoms with Crippen LogP contribution in [0, 0.1) is 11.8 Å². The van der Waals surface area contributed by atoms with E-state index in [9.17, 15) is 71.4 Å². The van der Waals surface area contributed by atoms with E-state index in [4.69, 9.17) is 38.0 Å². The maximum atomic E-state index is 14.8. The van der Waals surface area contributed by atoms with Crippen molar-refractivity contribution < 1.29 is 93.3 Å². The number of carboxylic acids is 1. The number of Topliss-reactive ketones (excluding diaryl/α,β-unsaturated/α-hetero) is 1. The number of carbonyl (C=O) groups is 3. The molecule has 1 unspecified atom stereocenters. The van der Waals surface area contributed by atoms with Crippen molar-refractivity contribution in [2.45, 2.75) is 115 Å². The van der Waals surface area contributed by atoms with Crippen molar-refractivity contribution in [1.29, 1.82) is 0 Å². The lowest BCUT2D eigenvalue weighted by Crippen LogP contribution is -2.42. The zero-order valence-corrected chi connectivity index (χ0v) is 54.2. The fraction of sp³-hybridized carbons (Fsp3) is 0.589. The first kappa shape index (κ1) is 71.1. The van der Waals surface area contributed by atoms with Gasteiger partial charge < -0.3 is 39.7 Å². The van der Waals surface area contributed by atoms with Crippen LogP contribution in [0.25, 0.3) is 0 Å². The molecule has 3 saturated heterocycles. The van der Waals surface area contributed by atoms with E-state index in [1.807, 2.05) is 33.8 Å². The molecule has 0 aliphatic carbocycles. The predicted molar refractivity (Wildman–Crippen MR) is 330 cm³/mol. The Hall–Kier alpha value is -6.37. The second-order valence-corrected chi connectivity index (χ2v) is 30.5. The molecule has 34 heteroatoms. The Morgan fingerprint density at radius 1 is 0.744 bits per heavy atom. The number of fused-ring (bicyclic) bond motifs is 2. The molecule has 0 amide bonds. The lowest BCUT2D eigenvalue weighted by Gasteiger charge is -2.35. The summed E-state index contributed by atoms with van der Waals surface area (Å²) in [6.45, 7) is 8.25. The molecular formula is C56H77N9O20S5. The number of allylic oxidation sites excluding steroid dienone is 4. The molecule has 29 nitrogen and oxygen atoms in total. The molecule has 6 heterocycles. The molecule has 2 aromatic carbocycles. The van der Waals surface area contributed by atoms with Crippen LogP contribution in [0.5, 0.6) is 0 Å². The summed E-state index contributed by atoms with van der Waals surface area (Å²) in [6, 6.07) is 10.4. The quantitative estimate of drug-likeness (QED) is 0.0252. The fourth-order valence-corrected chi connectivity index (χ4v) is 14.5. The van der Waals surface area contributed by atoms with Gasteiger partial charge in [0.25, 0.3) is 30.4 Å². The molecule has 3 aromatic rings. The van der Waals surface area contributed by atoms with Gasteiger partial charge in [-0.1, -0.05) is 24.3 Å². The summed E-state index contributed by atoms with van der Waals surface area (Å²) in [5, 5.41) is 9.65. The molecule has 8 rings (SSSR count). The summed E-state index contributed by atoms with van der Waals surface area (Å²) < 4.78 is 169. The van der Waals surface area contributed by atoms with Gasteiger partial charge in [-0.3, -0.25) is 23.2 Å². The first-order chi connectivity index (χ1) is 42.0. The minimum absolute atomic E-state index is 0.0282. The summed E-state index contributed by atoms with van der Waals surface area (Å²) >= 11 is 0. The summed E-state index contributed by atoms with van der Waals surface area (Å²) in [7, 11) is -21.0. The molecule has 0 spiro atoms. The number of para-hydroxylation sites is 1. The minimum Gasteiger partial charge on any atom is -0.748 e. The van der Waals surface area contributed by atoms with Crippen molar-refractivity contribution in [2.24, 2.45) is 17.6 Å². The highest BCUT2D eigenvalue weighted by Crippen LogP contribution is 2.51. The van der Waals surface area contributed by atoms with Crippen LogP contribution in [-0.2, 0) is 71.4 Å². The Labute approximate surface area is 525 Å². The Morgan fingerprint density at radius 2 is 1.27 bits per heavy atom. The van der Waals surface area contributed by atoms with Gasteiger partial charge in [-0.2, -0.15) is 44.8 Å². The lowest BCUT2D eigenvalue weighted by molar-refractivity contribution is -0.437. The van der Waals surface area contributed by atoms with Gasteiger partial charge in [0.05, 0.1) is 56.4 Å². The van der Waals surface area contributed by atoms with E-state index in [2.05, 4.69) is 4.90 Å². The van der Waals surface area contributed by atoms with Crippen LogP contribution in [0.4, 0.5) is 29.2 Å². The number of aromatic nitrogens is 3. The number of ether oxygens (including phenoxy) is 1. The number of hydrogen-bond donors (Lipinski definition) is 5. The lowest BCUT2D eigenvalue weighted by atomic mass is 9.77. The van der Waals surface area contributed by atoms with Crippen LogP contribution < -0.4 is 25.3 Å². The van der Waals surface area contributed by atoms with Gasteiger partial charge in [-0.25, -0.2) is 13.2 Å². The molecule has 5 aliphatic heterocycles. The normalized spacial score (nSPS) is 19.9. The van der Waals surface area contributed by atoms with Crippen LogP contribution in [0.15, 0.2) is 60.3 Å². The van der Waals surface area contributed by atoms with Crippen molar-refractivity contribution in [2.75, 3.05) is 102 Å². The Balaban J connectivity index is 0.00000279. The maximum Gasteiger partial charge on any atom is 0.425 e. The van der Waals surface area contributed by atoms with Gasteiger partial charge >= 0.3 is 22.5 Å². The van der Waals surface area contributed by atoms with Gasteiger partial charge in [0.2, 0.25) is 23.5 Å². The standard InChI is InChI=1S/C56H77N9O17S4.O3S/c1-55(2)47(13-6-14-48-56(3,21-7-31-83(70,71)72)43-11-4-5-12-44(43)64(48)22-8-32-84(73,74)75)65(23-9-33-85(76,77)78)45-37-40(36-42(49(45)55)51(69)82-30-10-34-86(79,80)81)46(66)35-38-15-24-61(25-16-38)52-58-53(62-26-17-39(18-27-62)50(67)68)60-54(59-52)63-28-19-41(57)20-29-63;1-4(2)3/h4-6,11-14,36-39,41H,7-10,15-35,57H2,1-3H3,(H4-,67,68,70,71,72,73,74,75,76,77,78,79,80,81);. The van der Waals surface area contributed by atoms with Crippen molar-refractivity contribution in [3.63, 3.8) is 0 Å². The molecule has 3 fully saturated rings. The Morgan fingerprint density at radius 3 is 1.81 bits per heavy atom. The van der Waals surface area contributed by atoms with Crippen LogP contribution in [0.1, 0.15) is 130 Å². The highest BCUT2D eigenvalue weighted by molar-refractivity contribution is 7.86. The van der Waals surface area contributed by atoms with E-state index >= 15 is 0 Å². The molecule has 90 heavy (non-hydrogen) atoms. The van der Waals surface area contributed by atoms with E-state index in [0.717, 1.165) is 18.4 Å². The zero-order chi connectivity index (χ0) is 66.1. The topological polar surface area (TPSA) is 433 Å². The van der Waals surface area contributed by atoms with E-state index in [-0.39, 0.29) is 80.5 Å². The van der Waals surface area contributed by atoms with Crippen molar-refractivity contribution in [3.05, 3.63) is 82.6 Å². The summed E-state index contributed by atoms with van der Waals surface area (Å²) in [4.78, 5) is 63.6. The number of anilines is 4. The van der Waals surface area contributed by atoms with Gasteiger partial charge in [0, 0.05) is 105 Å². The van der Waals surface area contributed by atoms with Gasteiger partial charge in [0.1, 0.15) is 6.54 Å². The number of carbonyl (C=O) groups excluding carboxylic acids is 2.